The molecule has 1 unspecified atom stereocenters. The molecule has 7 heteroatoms. The first kappa shape index (κ1) is 19.6. The number of nitrogens with one attached hydrogen (secondary N) is 1. The van der Waals surface area contributed by atoms with E-state index in [1.165, 1.54) is 18.2 Å². The standard InChI is InChI=1S/C21H19NO5S/c1-16-10-8-9-15-19(16)28(25,26)22-21(20(23)24,17-11-4-2-5-12-17)27-18-13-6-3-7-14-18/h2-15,22H,1H3,(H,23,24). The number of hydrogen-bond donors (Lipinski definition) is 2. The predicted molar refractivity (Wildman–Crippen MR) is 104 cm³/mol. The van der Waals surface area contributed by atoms with Crippen molar-refractivity contribution in [2.75, 3.05) is 0 Å². The summed E-state index contributed by atoms with van der Waals surface area (Å²) in [4.78, 5) is 12.3. The number of rotatable bonds is 7. The molecule has 3 aromatic rings. The molecule has 0 aliphatic heterocycles. The van der Waals surface area contributed by atoms with Crippen molar-refractivity contribution in [1.82, 2.24) is 4.72 Å². The highest BCUT2D eigenvalue weighted by Crippen LogP contribution is 2.29. The van der Waals surface area contributed by atoms with E-state index >= 15 is 0 Å². The Kier molecular flexibility index (Phi) is 5.48. The minimum Gasteiger partial charge on any atom is -0.477 e. The fourth-order valence-corrected chi connectivity index (χ4v) is 4.27. The van der Waals surface area contributed by atoms with E-state index < -0.39 is 21.7 Å². The van der Waals surface area contributed by atoms with Crippen LogP contribution >= 0.6 is 0 Å². The van der Waals surface area contributed by atoms with Gasteiger partial charge in [-0.05, 0) is 30.7 Å². The molecule has 0 amide bonds. The van der Waals surface area contributed by atoms with Gasteiger partial charge in [-0.15, -0.1) is 0 Å². The van der Waals surface area contributed by atoms with Crippen LogP contribution in [0.25, 0.3) is 0 Å². The summed E-state index contributed by atoms with van der Waals surface area (Å²) in [7, 11) is -4.22. The van der Waals surface area contributed by atoms with E-state index in [0.717, 1.165) is 0 Å². The Bertz CT molecular complexity index is 1070. The molecule has 0 aliphatic rings. The van der Waals surface area contributed by atoms with Gasteiger partial charge in [-0.3, -0.25) is 0 Å². The topological polar surface area (TPSA) is 92.7 Å². The van der Waals surface area contributed by atoms with Gasteiger partial charge >= 0.3 is 5.97 Å². The smallest absolute Gasteiger partial charge is 0.370 e. The Morgan fingerprint density at radius 1 is 0.893 bits per heavy atom. The van der Waals surface area contributed by atoms with Crippen molar-refractivity contribution < 1.29 is 23.1 Å². The zero-order chi connectivity index (χ0) is 20.2. The number of sulfonamides is 1. The molecule has 2 N–H and O–H groups in total. The molecule has 0 heterocycles. The maximum atomic E-state index is 13.1. The van der Waals surface area contributed by atoms with Crippen LogP contribution in [0.3, 0.4) is 0 Å². The summed E-state index contributed by atoms with van der Waals surface area (Å²) >= 11 is 0. The molecular weight excluding hydrogens is 378 g/mol. The van der Waals surface area contributed by atoms with Gasteiger partial charge in [0.2, 0.25) is 10.0 Å². The maximum absolute atomic E-state index is 13.1. The van der Waals surface area contributed by atoms with Gasteiger partial charge in [-0.1, -0.05) is 66.7 Å². The van der Waals surface area contributed by atoms with E-state index in [1.807, 2.05) is 0 Å². The number of carboxylic acid groups (broad SMARTS) is 1. The molecule has 0 saturated heterocycles. The highest BCUT2D eigenvalue weighted by atomic mass is 32.2. The highest BCUT2D eigenvalue weighted by molar-refractivity contribution is 7.89. The first-order valence-corrected chi connectivity index (χ1v) is 9.96. The van der Waals surface area contributed by atoms with Gasteiger partial charge in [-0.2, -0.15) is 4.72 Å². The average Bonchev–Trinajstić information content (AvgIpc) is 2.69. The van der Waals surface area contributed by atoms with Crippen molar-refractivity contribution in [1.29, 1.82) is 0 Å². The molecule has 0 bridgehead atoms. The quantitative estimate of drug-likeness (QED) is 0.597. The summed E-state index contributed by atoms with van der Waals surface area (Å²) in [5, 5.41) is 10.1. The molecule has 0 saturated carbocycles. The first-order chi connectivity index (χ1) is 13.3. The number of para-hydroxylation sites is 1. The van der Waals surface area contributed by atoms with E-state index in [-0.39, 0.29) is 16.2 Å². The number of hydrogen-bond acceptors (Lipinski definition) is 4. The molecule has 0 aliphatic carbocycles. The lowest BCUT2D eigenvalue weighted by Crippen LogP contribution is -2.56. The van der Waals surface area contributed by atoms with Crippen molar-refractivity contribution in [3.63, 3.8) is 0 Å². The van der Waals surface area contributed by atoms with E-state index in [2.05, 4.69) is 4.72 Å². The number of benzene rings is 3. The molecule has 3 rings (SSSR count). The van der Waals surface area contributed by atoms with Crippen LogP contribution in [0.1, 0.15) is 11.1 Å². The van der Waals surface area contributed by atoms with Gasteiger partial charge in [0.05, 0.1) is 4.90 Å². The number of ether oxygens (including phenoxy) is 1. The normalized spacial score (nSPS) is 13.5. The average molecular weight is 397 g/mol. The molecule has 144 valence electrons. The number of carbonyl (C=O) groups is 1. The van der Waals surface area contributed by atoms with Crippen LogP contribution in [0.4, 0.5) is 0 Å². The Morgan fingerprint density at radius 2 is 1.43 bits per heavy atom. The van der Waals surface area contributed by atoms with Crippen molar-refractivity contribution in [2.45, 2.75) is 17.5 Å². The maximum Gasteiger partial charge on any atom is 0.370 e. The lowest BCUT2D eigenvalue weighted by atomic mass is 10.0. The monoisotopic (exact) mass is 397 g/mol. The van der Waals surface area contributed by atoms with Crippen LogP contribution in [-0.4, -0.2) is 19.5 Å². The van der Waals surface area contributed by atoms with Gasteiger partial charge in [0, 0.05) is 5.56 Å². The highest BCUT2D eigenvalue weighted by Gasteiger charge is 2.47. The summed E-state index contributed by atoms with van der Waals surface area (Å²) < 4.78 is 34.2. The van der Waals surface area contributed by atoms with E-state index in [9.17, 15) is 18.3 Å². The van der Waals surface area contributed by atoms with Crippen LogP contribution in [0.5, 0.6) is 5.75 Å². The molecule has 0 radical (unpaired) electrons. The van der Waals surface area contributed by atoms with Gasteiger partial charge in [0.15, 0.2) is 0 Å². The third-order valence-electron chi connectivity index (χ3n) is 4.16. The van der Waals surface area contributed by atoms with Crippen LogP contribution in [-0.2, 0) is 20.5 Å². The van der Waals surface area contributed by atoms with E-state index in [0.29, 0.717) is 5.56 Å². The fraction of sp³-hybridized carbons (Fsp3) is 0.0952. The third kappa shape index (κ3) is 3.90. The minimum atomic E-state index is -4.22. The molecule has 1 atom stereocenters. The van der Waals surface area contributed by atoms with E-state index in [1.54, 1.807) is 73.7 Å². The predicted octanol–water partition coefficient (Wildman–Crippen LogP) is 3.29. The minimum absolute atomic E-state index is 0.0202. The van der Waals surface area contributed by atoms with Gasteiger partial charge in [0.1, 0.15) is 5.75 Å². The number of carboxylic acids is 1. The molecule has 0 spiro atoms. The van der Waals surface area contributed by atoms with Crippen molar-refractivity contribution >= 4 is 16.0 Å². The molecule has 3 aromatic carbocycles. The summed E-state index contributed by atoms with van der Waals surface area (Å²) in [6.07, 6.45) is 0. The zero-order valence-electron chi connectivity index (χ0n) is 15.1. The lowest BCUT2D eigenvalue weighted by Gasteiger charge is -2.31. The second-order valence-corrected chi connectivity index (χ2v) is 7.79. The van der Waals surface area contributed by atoms with Gasteiger partial charge < -0.3 is 9.84 Å². The molecule has 0 aromatic heterocycles. The summed E-state index contributed by atoms with van der Waals surface area (Å²) in [5.41, 5.74) is -1.71. The first-order valence-electron chi connectivity index (χ1n) is 8.48. The molecule has 0 fully saturated rings. The third-order valence-corrected chi connectivity index (χ3v) is 5.75. The molecular formula is C21H19NO5S. The van der Waals surface area contributed by atoms with Crippen LogP contribution in [0.2, 0.25) is 0 Å². The van der Waals surface area contributed by atoms with Gasteiger partial charge in [0.25, 0.3) is 5.72 Å². The summed E-state index contributed by atoms with van der Waals surface area (Å²) in [6.45, 7) is 1.64. The second kappa shape index (κ2) is 7.84. The second-order valence-electron chi connectivity index (χ2n) is 6.14. The van der Waals surface area contributed by atoms with Crippen LogP contribution in [0, 0.1) is 6.92 Å². The fourth-order valence-electron chi connectivity index (χ4n) is 2.79. The Hall–Kier alpha value is -3.16. The number of aryl methyl sites for hydroxylation is 1. The molecule has 6 nitrogen and oxygen atoms in total. The summed E-state index contributed by atoms with van der Waals surface area (Å²) in [5.74, 6) is -1.28. The van der Waals surface area contributed by atoms with Crippen molar-refractivity contribution in [3.05, 3.63) is 96.1 Å². The Balaban J connectivity index is 2.15. The summed E-state index contributed by atoms with van der Waals surface area (Å²) in [6, 6.07) is 22.5. The lowest BCUT2D eigenvalue weighted by molar-refractivity contribution is -0.157. The van der Waals surface area contributed by atoms with E-state index in [4.69, 9.17) is 4.74 Å². The SMILES string of the molecule is Cc1ccccc1S(=O)(=O)NC(Oc1ccccc1)(C(=O)O)c1ccccc1. The largest absolute Gasteiger partial charge is 0.477 e. The van der Waals surface area contributed by atoms with Crippen molar-refractivity contribution in [3.8, 4) is 5.75 Å². The molecule has 28 heavy (non-hydrogen) atoms. The Labute approximate surface area is 163 Å². The number of aliphatic carboxylic acids is 1. The van der Waals surface area contributed by atoms with Crippen molar-refractivity contribution in [2.24, 2.45) is 0 Å². The Morgan fingerprint density at radius 3 is 2.00 bits per heavy atom. The van der Waals surface area contributed by atoms with Crippen LogP contribution < -0.4 is 9.46 Å². The zero-order valence-corrected chi connectivity index (χ0v) is 15.9. The van der Waals surface area contributed by atoms with Crippen LogP contribution in [0.15, 0.2) is 89.8 Å². The van der Waals surface area contributed by atoms with Gasteiger partial charge in [-0.25, -0.2) is 13.2 Å².